The summed E-state index contributed by atoms with van der Waals surface area (Å²) in [7, 11) is 0. The van der Waals surface area contributed by atoms with Gasteiger partial charge in [-0.2, -0.15) is 0 Å². The minimum absolute atomic E-state index is 0.631. The second-order valence-electron chi connectivity index (χ2n) is 7.03. The molecule has 3 atom stereocenters. The zero-order valence-corrected chi connectivity index (χ0v) is 14.7. The van der Waals surface area contributed by atoms with Crippen LogP contribution in [-0.2, 0) is 0 Å². The maximum Gasteiger partial charge on any atom is 0.0654 e. The molecule has 0 radical (unpaired) electrons. The first-order valence-electron chi connectivity index (χ1n) is 8.76. The fraction of sp³-hybridized carbons (Fsp3) is 0.409. The Labute approximate surface area is 140 Å². The zero-order valence-electron chi connectivity index (χ0n) is 14.7. The Morgan fingerprint density at radius 3 is 2.30 bits per heavy atom. The van der Waals surface area contributed by atoms with Crippen LogP contribution in [0.1, 0.15) is 60.8 Å². The van der Waals surface area contributed by atoms with E-state index in [0.29, 0.717) is 11.8 Å². The SMILES string of the molecule is C/C=N\c1ccc([C@H]2CCC(C)C2c2ccc(C)cc2)cc1C. The molecule has 0 aliphatic heterocycles. The number of hydrogen-bond acceptors (Lipinski definition) is 1. The van der Waals surface area contributed by atoms with Crippen LogP contribution in [0.4, 0.5) is 5.69 Å². The molecule has 1 fully saturated rings. The molecule has 2 unspecified atom stereocenters. The minimum Gasteiger partial charge on any atom is -0.261 e. The summed E-state index contributed by atoms with van der Waals surface area (Å²) in [6.45, 7) is 8.72. The molecule has 1 nitrogen and oxygen atoms in total. The second kappa shape index (κ2) is 6.70. The summed E-state index contributed by atoms with van der Waals surface area (Å²) in [6.07, 6.45) is 4.47. The minimum atomic E-state index is 0.631. The van der Waals surface area contributed by atoms with Gasteiger partial charge in [-0.1, -0.05) is 48.9 Å². The van der Waals surface area contributed by atoms with Crippen LogP contribution < -0.4 is 0 Å². The van der Waals surface area contributed by atoms with Gasteiger partial charge in [0.25, 0.3) is 0 Å². The van der Waals surface area contributed by atoms with Crippen molar-refractivity contribution in [1.29, 1.82) is 0 Å². The quantitative estimate of drug-likeness (QED) is 0.588. The van der Waals surface area contributed by atoms with Gasteiger partial charge >= 0.3 is 0 Å². The van der Waals surface area contributed by atoms with E-state index in [1.165, 1.54) is 35.1 Å². The van der Waals surface area contributed by atoms with Crippen LogP contribution in [0, 0.1) is 19.8 Å². The number of nitrogens with zero attached hydrogens (tertiary/aromatic N) is 1. The average molecular weight is 305 g/mol. The predicted octanol–water partition coefficient (Wildman–Crippen LogP) is 6.32. The molecule has 3 rings (SSSR count). The van der Waals surface area contributed by atoms with Crippen molar-refractivity contribution in [3.8, 4) is 0 Å². The van der Waals surface area contributed by atoms with E-state index in [2.05, 4.69) is 68.2 Å². The smallest absolute Gasteiger partial charge is 0.0654 e. The summed E-state index contributed by atoms with van der Waals surface area (Å²) < 4.78 is 0. The molecule has 0 aromatic heterocycles. The third-order valence-corrected chi connectivity index (χ3v) is 5.36. The largest absolute Gasteiger partial charge is 0.261 e. The van der Waals surface area contributed by atoms with Gasteiger partial charge in [-0.3, -0.25) is 4.99 Å². The van der Waals surface area contributed by atoms with E-state index >= 15 is 0 Å². The van der Waals surface area contributed by atoms with E-state index in [1.807, 2.05) is 13.1 Å². The third kappa shape index (κ3) is 3.24. The lowest BCUT2D eigenvalue weighted by atomic mass is 9.80. The Morgan fingerprint density at radius 2 is 1.65 bits per heavy atom. The van der Waals surface area contributed by atoms with Gasteiger partial charge in [-0.15, -0.1) is 0 Å². The van der Waals surface area contributed by atoms with Crippen LogP contribution >= 0.6 is 0 Å². The average Bonchev–Trinajstić information content (AvgIpc) is 2.92. The number of benzene rings is 2. The molecule has 0 spiro atoms. The summed E-state index contributed by atoms with van der Waals surface area (Å²) >= 11 is 0. The van der Waals surface area contributed by atoms with Gasteiger partial charge in [0.15, 0.2) is 0 Å². The molecule has 23 heavy (non-hydrogen) atoms. The van der Waals surface area contributed by atoms with Gasteiger partial charge in [0, 0.05) is 6.21 Å². The Morgan fingerprint density at radius 1 is 0.957 bits per heavy atom. The van der Waals surface area contributed by atoms with Gasteiger partial charge < -0.3 is 0 Å². The van der Waals surface area contributed by atoms with Crippen molar-refractivity contribution in [1.82, 2.24) is 0 Å². The first-order valence-corrected chi connectivity index (χ1v) is 8.76. The van der Waals surface area contributed by atoms with Gasteiger partial charge in [0.2, 0.25) is 0 Å². The van der Waals surface area contributed by atoms with E-state index in [9.17, 15) is 0 Å². The molecule has 0 heterocycles. The summed E-state index contributed by atoms with van der Waals surface area (Å²) in [5, 5.41) is 0. The first kappa shape index (κ1) is 16.0. The molecule has 1 aliphatic carbocycles. The highest BCUT2D eigenvalue weighted by Gasteiger charge is 2.35. The molecule has 1 aliphatic rings. The highest BCUT2D eigenvalue weighted by molar-refractivity contribution is 5.62. The molecule has 2 aromatic carbocycles. The summed E-state index contributed by atoms with van der Waals surface area (Å²) in [5.74, 6) is 2.01. The molecular formula is C22H27N. The highest BCUT2D eigenvalue weighted by Crippen LogP contribution is 2.49. The number of rotatable bonds is 3. The van der Waals surface area contributed by atoms with E-state index in [-0.39, 0.29) is 0 Å². The molecular weight excluding hydrogens is 278 g/mol. The lowest BCUT2D eigenvalue weighted by Gasteiger charge is -2.24. The fourth-order valence-corrected chi connectivity index (χ4v) is 4.11. The molecule has 0 amide bonds. The third-order valence-electron chi connectivity index (χ3n) is 5.36. The van der Waals surface area contributed by atoms with Crippen LogP contribution in [0.3, 0.4) is 0 Å². The van der Waals surface area contributed by atoms with Crippen LogP contribution in [0.2, 0.25) is 0 Å². The maximum atomic E-state index is 4.45. The van der Waals surface area contributed by atoms with Gasteiger partial charge in [-0.05, 0) is 74.1 Å². The monoisotopic (exact) mass is 305 g/mol. The Bertz CT molecular complexity index is 696. The van der Waals surface area contributed by atoms with E-state index < -0.39 is 0 Å². The molecule has 120 valence electrons. The fourth-order valence-electron chi connectivity index (χ4n) is 4.11. The van der Waals surface area contributed by atoms with Crippen LogP contribution in [0.25, 0.3) is 0 Å². The molecule has 0 N–H and O–H groups in total. The lowest BCUT2D eigenvalue weighted by Crippen LogP contribution is -2.10. The lowest BCUT2D eigenvalue weighted by molar-refractivity contribution is 0.504. The topological polar surface area (TPSA) is 12.4 Å². The van der Waals surface area contributed by atoms with E-state index in [1.54, 1.807) is 0 Å². The van der Waals surface area contributed by atoms with Crippen LogP contribution in [0.5, 0.6) is 0 Å². The van der Waals surface area contributed by atoms with Crippen molar-refractivity contribution in [2.75, 3.05) is 0 Å². The number of aryl methyl sites for hydroxylation is 2. The standard InChI is InChI=1S/C22H27N/c1-5-23-21-13-11-19(14-17(21)4)20-12-8-16(3)22(20)18-9-6-15(2)7-10-18/h5-7,9-11,13-14,16,20,22H,8,12H2,1-4H3/b23-5-/t16?,20-,22?/m1/s1. The molecule has 1 heteroatoms. The molecule has 2 aromatic rings. The van der Waals surface area contributed by atoms with E-state index in [0.717, 1.165) is 11.6 Å². The van der Waals surface area contributed by atoms with E-state index in [4.69, 9.17) is 0 Å². The number of hydrogen-bond donors (Lipinski definition) is 0. The van der Waals surface area contributed by atoms with Crippen molar-refractivity contribution >= 4 is 11.9 Å². The summed E-state index contributed by atoms with van der Waals surface area (Å²) in [5.41, 5.74) is 6.69. The highest BCUT2D eigenvalue weighted by atomic mass is 14.7. The summed E-state index contributed by atoms with van der Waals surface area (Å²) in [6, 6.07) is 16.0. The van der Waals surface area contributed by atoms with Crippen molar-refractivity contribution in [3.63, 3.8) is 0 Å². The molecule has 1 saturated carbocycles. The van der Waals surface area contributed by atoms with Crippen molar-refractivity contribution in [2.45, 2.75) is 52.4 Å². The summed E-state index contributed by atoms with van der Waals surface area (Å²) in [4.78, 5) is 4.45. The van der Waals surface area contributed by atoms with Crippen LogP contribution in [-0.4, -0.2) is 6.21 Å². The maximum absolute atomic E-state index is 4.45. The first-order chi connectivity index (χ1) is 11.1. The second-order valence-corrected chi connectivity index (χ2v) is 7.03. The van der Waals surface area contributed by atoms with Crippen molar-refractivity contribution < 1.29 is 0 Å². The van der Waals surface area contributed by atoms with Gasteiger partial charge in [-0.25, -0.2) is 0 Å². The normalized spacial score (nSPS) is 24.4. The number of aliphatic imine (C=N–C) groups is 1. The Kier molecular flexibility index (Phi) is 4.66. The Hall–Kier alpha value is -1.89. The Balaban J connectivity index is 1.94. The predicted molar refractivity (Wildman–Crippen MR) is 100 cm³/mol. The molecule has 0 bridgehead atoms. The molecule has 0 saturated heterocycles. The van der Waals surface area contributed by atoms with Gasteiger partial charge in [0.1, 0.15) is 0 Å². The zero-order chi connectivity index (χ0) is 16.4. The van der Waals surface area contributed by atoms with Crippen molar-refractivity contribution in [2.24, 2.45) is 10.9 Å². The van der Waals surface area contributed by atoms with Gasteiger partial charge in [0.05, 0.1) is 5.69 Å². The van der Waals surface area contributed by atoms with Crippen molar-refractivity contribution in [3.05, 3.63) is 64.7 Å². The van der Waals surface area contributed by atoms with Crippen LogP contribution in [0.15, 0.2) is 47.5 Å².